The first-order chi connectivity index (χ1) is 11.6. The number of fused-ring (bicyclic) bond motifs is 2. The van der Waals surface area contributed by atoms with Gasteiger partial charge in [0.25, 0.3) is 0 Å². The molecule has 1 aromatic carbocycles. The number of rotatable bonds is 3. The van der Waals surface area contributed by atoms with Gasteiger partial charge in [-0.3, -0.25) is 4.79 Å². The summed E-state index contributed by atoms with van der Waals surface area (Å²) in [6.45, 7) is 0. The van der Waals surface area contributed by atoms with Crippen LogP contribution in [0.25, 0.3) is 11.3 Å². The third-order valence-corrected chi connectivity index (χ3v) is 6.20. The van der Waals surface area contributed by atoms with E-state index in [1.807, 2.05) is 0 Å². The third kappa shape index (κ3) is 1.57. The molecule has 3 aliphatic carbocycles. The van der Waals surface area contributed by atoms with Gasteiger partial charge in [-0.1, -0.05) is 6.42 Å². The summed E-state index contributed by atoms with van der Waals surface area (Å²) in [5.41, 5.74) is 0.131. The highest BCUT2D eigenvalue weighted by Gasteiger charge is 2.85. The molecule has 124 valence electrons. The fourth-order valence-corrected chi connectivity index (χ4v) is 5.02. The lowest BCUT2D eigenvalue weighted by atomic mass is 9.74. The first kappa shape index (κ1) is 14.0. The number of methoxy groups -OCH3 is 1. The number of benzene rings is 1. The summed E-state index contributed by atoms with van der Waals surface area (Å²) < 4.78 is 11.1. The van der Waals surface area contributed by atoms with Crippen LogP contribution in [0.5, 0.6) is 17.2 Å². The molecule has 0 saturated heterocycles. The SMILES string of the molecule is COc1cc(-c2oc(C34CCCC5C3C54)cc(=O)c2O)ccc1O. The number of aromatic hydroxyl groups is 2. The lowest BCUT2D eigenvalue weighted by Gasteiger charge is -2.31. The second-order valence-corrected chi connectivity index (χ2v) is 7.19. The first-order valence-electron chi connectivity index (χ1n) is 8.33. The molecule has 2 atom stereocenters. The van der Waals surface area contributed by atoms with Gasteiger partial charge in [0.05, 0.1) is 7.11 Å². The Balaban J connectivity index is 1.63. The van der Waals surface area contributed by atoms with E-state index in [2.05, 4.69) is 0 Å². The van der Waals surface area contributed by atoms with Crippen molar-refractivity contribution in [2.75, 3.05) is 7.11 Å². The van der Waals surface area contributed by atoms with Crippen molar-refractivity contribution in [1.82, 2.24) is 0 Å². The Bertz CT molecular complexity index is 902. The van der Waals surface area contributed by atoms with Crippen LogP contribution < -0.4 is 10.2 Å². The minimum atomic E-state index is -0.416. The van der Waals surface area contributed by atoms with Crippen LogP contribution in [-0.2, 0) is 5.41 Å². The van der Waals surface area contributed by atoms with Crippen molar-refractivity contribution in [1.29, 1.82) is 0 Å². The van der Waals surface area contributed by atoms with Gasteiger partial charge in [-0.2, -0.15) is 0 Å². The highest BCUT2D eigenvalue weighted by atomic mass is 16.5. The molecule has 2 N–H and O–H groups in total. The van der Waals surface area contributed by atoms with E-state index in [-0.39, 0.29) is 22.7 Å². The van der Waals surface area contributed by atoms with E-state index in [1.165, 1.54) is 32.1 Å². The summed E-state index contributed by atoms with van der Waals surface area (Å²) in [6.07, 6.45) is 3.52. The maximum atomic E-state index is 12.3. The highest BCUT2D eigenvalue weighted by Crippen LogP contribution is 2.86. The zero-order valence-electron chi connectivity index (χ0n) is 13.3. The smallest absolute Gasteiger partial charge is 0.227 e. The normalized spacial score (nSPS) is 32.1. The van der Waals surface area contributed by atoms with Crippen LogP contribution in [0.3, 0.4) is 0 Å². The van der Waals surface area contributed by atoms with Gasteiger partial charge in [-0.25, -0.2) is 0 Å². The van der Waals surface area contributed by atoms with Crippen LogP contribution in [0.1, 0.15) is 25.0 Å². The fourth-order valence-electron chi connectivity index (χ4n) is 5.02. The summed E-state index contributed by atoms with van der Waals surface area (Å²) >= 11 is 0. The van der Waals surface area contributed by atoms with E-state index >= 15 is 0 Å². The molecule has 1 heterocycles. The van der Waals surface area contributed by atoms with Crippen molar-refractivity contribution in [3.8, 4) is 28.6 Å². The van der Waals surface area contributed by atoms with E-state index in [4.69, 9.17) is 9.15 Å². The lowest BCUT2D eigenvalue weighted by molar-refractivity contribution is 0.242. The zero-order valence-corrected chi connectivity index (χ0v) is 13.3. The monoisotopic (exact) mass is 326 g/mol. The Kier molecular flexibility index (Phi) is 2.53. The van der Waals surface area contributed by atoms with E-state index in [0.717, 1.165) is 12.3 Å². The van der Waals surface area contributed by atoms with Gasteiger partial charge in [0.2, 0.25) is 11.2 Å². The molecule has 2 unspecified atom stereocenters. The molecule has 1 aromatic heterocycles. The lowest BCUT2D eigenvalue weighted by Crippen LogP contribution is -2.28. The van der Waals surface area contributed by atoms with Gasteiger partial charge in [0, 0.05) is 17.0 Å². The molecule has 0 amide bonds. The van der Waals surface area contributed by atoms with E-state index < -0.39 is 11.2 Å². The summed E-state index contributed by atoms with van der Waals surface area (Å²) in [7, 11) is 1.45. The van der Waals surface area contributed by atoms with Crippen LogP contribution in [0.15, 0.2) is 33.5 Å². The Morgan fingerprint density at radius 3 is 2.75 bits per heavy atom. The average Bonchev–Trinajstić information content (AvgIpc) is 3.50. The molecule has 0 bridgehead atoms. The average molecular weight is 326 g/mol. The maximum Gasteiger partial charge on any atom is 0.227 e. The molecular weight excluding hydrogens is 308 g/mol. The highest BCUT2D eigenvalue weighted by molar-refractivity contribution is 5.67. The van der Waals surface area contributed by atoms with Crippen molar-refractivity contribution in [3.05, 3.63) is 40.2 Å². The minimum absolute atomic E-state index is 0.00334. The molecule has 3 fully saturated rings. The maximum absolute atomic E-state index is 12.3. The Hall–Kier alpha value is -2.43. The van der Waals surface area contributed by atoms with Gasteiger partial charge in [-0.05, 0) is 48.8 Å². The Morgan fingerprint density at radius 2 is 2.04 bits per heavy atom. The van der Waals surface area contributed by atoms with Crippen LogP contribution in [-0.4, -0.2) is 17.3 Å². The third-order valence-electron chi connectivity index (χ3n) is 6.20. The second-order valence-electron chi connectivity index (χ2n) is 7.19. The minimum Gasteiger partial charge on any atom is -0.504 e. The molecule has 2 aromatic rings. The van der Waals surface area contributed by atoms with Crippen molar-refractivity contribution in [2.45, 2.75) is 24.7 Å². The Morgan fingerprint density at radius 1 is 1.25 bits per heavy atom. The second kappa shape index (κ2) is 4.35. The van der Waals surface area contributed by atoms with Crippen LogP contribution in [0.4, 0.5) is 0 Å². The summed E-state index contributed by atoms with van der Waals surface area (Å²) in [5.74, 6) is 2.88. The van der Waals surface area contributed by atoms with Gasteiger partial charge in [-0.15, -0.1) is 0 Å². The van der Waals surface area contributed by atoms with Crippen molar-refractivity contribution >= 4 is 0 Å². The number of hydrogen-bond donors (Lipinski definition) is 2. The molecular formula is C19H18O5. The van der Waals surface area contributed by atoms with Crippen LogP contribution in [0, 0.1) is 17.8 Å². The van der Waals surface area contributed by atoms with Gasteiger partial charge >= 0.3 is 0 Å². The fraction of sp³-hybridized carbons (Fsp3) is 0.421. The predicted octanol–water partition coefficient (Wildman–Crippen LogP) is 3.02. The standard InChI is InChI=1S/C19H18O5/c1-23-13-7-9(4-5-11(13)20)18-17(22)12(21)8-14(24-18)19-6-2-3-10-15(19)16(10)19/h4-5,7-8,10,15-16,20,22H,2-3,6H2,1H3. The molecule has 0 aliphatic heterocycles. The molecule has 0 spiro atoms. The van der Waals surface area contributed by atoms with Crippen molar-refractivity contribution in [2.24, 2.45) is 17.8 Å². The van der Waals surface area contributed by atoms with E-state index in [0.29, 0.717) is 23.2 Å². The summed E-state index contributed by atoms with van der Waals surface area (Å²) in [5, 5.41) is 19.9. The van der Waals surface area contributed by atoms with E-state index in [1.54, 1.807) is 12.1 Å². The largest absolute Gasteiger partial charge is 0.504 e. The van der Waals surface area contributed by atoms with Crippen LogP contribution >= 0.6 is 0 Å². The molecule has 5 nitrogen and oxygen atoms in total. The zero-order chi connectivity index (χ0) is 16.6. The van der Waals surface area contributed by atoms with Gasteiger partial charge in [0.1, 0.15) is 5.76 Å². The number of phenols is 1. The molecule has 0 radical (unpaired) electrons. The number of ether oxygens (including phenoxy) is 1. The van der Waals surface area contributed by atoms with Gasteiger partial charge in [0.15, 0.2) is 17.3 Å². The van der Waals surface area contributed by atoms with Crippen molar-refractivity contribution in [3.63, 3.8) is 0 Å². The van der Waals surface area contributed by atoms with E-state index in [9.17, 15) is 15.0 Å². The molecule has 3 aliphatic rings. The predicted molar refractivity (Wildman–Crippen MR) is 86.3 cm³/mol. The quantitative estimate of drug-likeness (QED) is 0.906. The molecule has 3 saturated carbocycles. The number of hydrogen-bond acceptors (Lipinski definition) is 5. The topological polar surface area (TPSA) is 79.9 Å². The molecule has 5 rings (SSSR count). The van der Waals surface area contributed by atoms with Crippen molar-refractivity contribution < 1.29 is 19.4 Å². The Labute approximate surface area is 138 Å². The summed E-state index contributed by atoms with van der Waals surface area (Å²) in [6, 6.07) is 6.09. The number of phenolic OH excluding ortho intramolecular Hbond substituents is 1. The first-order valence-corrected chi connectivity index (χ1v) is 8.33. The summed E-state index contributed by atoms with van der Waals surface area (Å²) in [4.78, 5) is 12.3. The van der Waals surface area contributed by atoms with Crippen LogP contribution in [0.2, 0.25) is 0 Å². The molecule has 24 heavy (non-hydrogen) atoms. The van der Waals surface area contributed by atoms with Gasteiger partial charge < -0.3 is 19.4 Å². The molecule has 5 heteroatoms.